The van der Waals surface area contributed by atoms with Crippen LogP contribution >= 0.6 is 0 Å². The lowest BCUT2D eigenvalue weighted by molar-refractivity contribution is 0.0730. The van der Waals surface area contributed by atoms with E-state index in [2.05, 4.69) is 10.2 Å². The number of likely N-dealkylation sites (N-methyl/N-ethyl adjacent to an activating group) is 1. The van der Waals surface area contributed by atoms with E-state index in [1.807, 2.05) is 7.05 Å². The van der Waals surface area contributed by atoms with Crippen LogP contribution in [0.4, 0.5) is 5.69 Å². The maximum Gasteiger partial charge on any atom is 0.255 e. The maximum atomic E-state index is 13.2. The molecule has 1 amide bonds. The number of rotatable bonds is 6. The second-order valence-electron chi connectivity index (χ2n) is 8.68. The van der Waals surface area contributed by atoms with Gasteiger partial charge >= 0.3 is 0 Å². The van der Waals surface area contributed by atoms with Crippen molar-refractivity contribution in [2.75, 3.05) is 64.8 Å². The summed E-state index contributed by atoms with van der Waals surface area (Å²) in [5.41, 5.74) is 1.20. The van der Waals surface area contributed by atoms with Gasteiger partial charge in [0.25, 0.3) is 5.91 Å². The molecule has 10 nitrogen and oxygen atoms in total. The highest BCUT2D eigenvalue weighted by molar-refractivity contribution is 7.89. The zero-order valence-corrected chi connectivity index (χ0v) is 21.4. The smallest absolute Gasteiger partial charge is 0.255 e. The molecule has 4 rings (SSSR count). The van der Waals surface area contributed by atoms with E-state index >= 15 is 0 Å². The van der Waals surface area contributed by atoms with Gasteiger partial charge in [-0.15, -0.1) is 0 Å². The van der Waals surface area contributed by atoms with Crippen LogP contribution in [0, 0.1) is 6.92 Å². The topological polar surface area (TPSA) is 116 Å². The quantitative estimate of drug-likeness (QED) is 0.606. The standard InChI is InChI=1S/C23H30N4O6S2/c1-18-3-6-20(17-22(18)35(31,32)26-11-9-25(2)10-12-26)24-23(28)19-4-7-21(8-5-19)34(29,30)27-13-15-33-16-14-27/h3-8,17H,9-16H2,1-2H3,(H,24,28). The molecule has 0 aliphatic carbocycles. The molecule has 0 aromatic heterocycles. The number of aryl methyl sites for hydroxylation is 1. The van der Waals surface area contributed by atoms with Crippen LogP contribution in [0.2, 0.25) is 0 Å². The summed E-state index contributed by atoms with van der Waals surface area (Å²) in [6.07, 6.45) is 0. The predicted molar refractivity (Wildman–Crippen MR) is 131 cm³/mol. The number of hydrogen-bond donors (Lipinski definition) is 1. The Balaban J connectivity index is 1.49. The van der Waals surface area contributed by atoms with Crippen LogP contribution in [0.15, 0.2) is 52.3 Å². The molecule has 2 heterocycles. The van der Waals surface area contributed by atoms with Gasteiger partial charge in [0.15, 0.2) is 0 Å². The minimum atomic E-state index is -3.70. The summed E-state index contributed by atoms with van der Waals surface area (Å²) in [6, 6.07) is 10.5. The highest BCUT2D eigenvalue weighted by atomic mass is 32.2. The van der Waals surface area contributed by atoms with Crippen LogP contribution in [0.25, 0.3) is 0 Å². The van der Waals surface area contributed by atoms with Crippen molar-refractivity contribution < 1.29 is 26.4 Å². The SMILES string of the molecule is Cc1ccc(NC(=O)c2ccc(S(=O)(=O)N3CCOCC3)cc2)cc1S(=O)(=O)N1CCN(C)CC1. The summed E-state index contributed by atoms with van der Waals surface area (Å²) in [4.78, 5) is 15.1. The van der Waals surface area contributed by atoms with E-state index in [-0.39, 0.29) is 28.4 Å². The van der Waals surface area contributed by atoms with E-state index in [4.69, 9.17) is 4.74 Å². The summed E-state index contributed by atoms with van der Waals surface area (Å²) >= 11 is 0. The summed E-state index contributed by atoms with van der Waals surface area (Å²) in [5.74, 6) is -0.466. The fourth-order valence-corrected chi connectivity index (χ4v) is 7.12. The first-order chi connectivity index (χ1) is 16.6. The van der Waals surface area contributed by atoms with Crippen LogP contribution in [0.3, 0.4) is 0 Å². The van der Waals surface area contributed by atoms with Gasteiger partial charge in [-0.2, -0.15) is 8.61 Å². The first-order valence-electron chi connectivity index (χ1n) is 11.4. The maximum absolute atomic E-state index is 13.2. The van der Waals surface area contributed by atoms with Gasteiger partial charge in [-0.3, -0.25) is 4.79 Å². The molecular weight excluding hydrogens is 492 g/mol. The highest BCUT2D eigenvalue weighted by Gasteiger charge is 2.29. The van der Waals surface area contributed by atoms with Gasteiger partial charge in [0, 0.05) is 50.5 Å². The average Bonchev–Trinajstić information content (AvgIpc) is 2.86. The first-order valence-corrected chi connectivity index (χ1v) is 14.3. The molecule has 2 aliphatic heterocycles. The lowest BCUT2D eigenvalue weighted by Gasteiger charge is -2.32. The number of ether oxygens (including phenoxy) is 1. The second-order valence-corrected chi connectivity index (χ2v) is 12.5. The first kappa shape index (κ1) is 25.7. The lowest BCUT2D eigenvalue weighted by atomic mass is 10.2. The minimum absolute atomic E-state index is 0.104. The molecule has 35 heavy (non-hydrogen) atoms. The van der Waals surface area contributed by atoms with E-state index in [0.29, 0.717) is 50.6 Å². The van der Waals surface area contributed by atoms with Gasteiger partial charge in [-0.1, -0.05) is 6.07 Å². The third-order valence-electron chi connectivity index (χ3n) is 6.25. The lowest BCUT2D eigenvalue weighted by Crippen LogP contribution is -2.47. The molecule has 0 bridgehead atoms. The fraction of sp³-hybridized carbons (Fsp3) is 0.435. The monoisotopic (exact) mass is 522 g/mol. The van der Waals surface area contributed by atoms with Crippen molar-refractivity contribution in [2.45, 2.75) is 16.7 Å². The summed E-state index contributed by atoms with van der Waals surface area (Å²) < 4.78 is 60.0. The van der Waals surface area contributed by atoms with E-state index in [9.17, 15) is 21.6 Å². The fourth-order valence-electron chi connectivity index (χ4n) is 4.04. The van der Waals surface area contributed by atoms with Gasteiger partial charge in [-0.25, -0.2) is 16.8 Å². The normalized spacial score (nSPS) is 18.9. The van der Waals surface area contributed by atoms with E-state index in [0.717, 1.165) is 0 Å². The number of nitrogens with one attached hydrogen (secondary N) is 1. The van der Waals surface area contributed by atoms with Crippen LogP contribution < -0.4 is 5.32 Å². The number of piperazine rings is 1. The van der Waals surface area contributed by atoms with Crippen LogP contribution in [0.5, 0.6) is 0 Å². The van der Waals surface area contributed by atoms with E-state index in [1.165, 1.54) is 38.9 Å². The van der Waals surface area contributed by atoms with Crippen molar-refractivity contribution in [3.05, 3.63) is 53.6 Å². The van der Waals surface area contributed by atoms with Gasteiger partial charge in [-0.05, 0) is 55.9 Å². The molecule has 0 unspecified atom stereocenters. The number of sulfonamides is 2. The molecule has 2 aliphatic rings. The van der Waals surface area contributed by atoms with Gasteiger partial charge in [0.1, 0.15) is 0 Å². The molecule has 12 heteroatoms. The Morgan fingerprint density at radius 2 is 1.43 bits per heavy atom. The zero-order chi connectivity index (χ0) is 25.2. The van der Waals surface area contributed by atoms with Crippen molar-refractivity contribution >= 4 is 31.6 Å². The number of amides is 1. The second kappa shape index (κ2) is 10.3. The third kappa shape index (κ3) is 5.57. The molecule has 2 fully saturated rings. The number of carbonyl (C=O) groups is 1. The highest BCUT2D eigenvalue weighted by Crippen LogP contribution is 2.25. The average molecular weight is 523 g/mol. The van der Waals surface area contributed by atoms with Crippen molar-refractivity contribution in [3.8, 4) is 0 Å². The summed E-state index contributed by atoms with van der Waals surface area (Å²) in [5, 5.41) is 2.72. The number of carbonyl (C=O) groups excluding carboxylic acids is 1. The Bertz CT molecular complexity index is 1280. The number of morpholine rings is 1. The molecule has 2 saturated heterocycles. The Morgan fingerprint density at radius 1 is 0.829 bits per heavy atom. The molecule has 1 N–H and O–H groups in total. The molecule has 190 valence electrons. The van der Waals surface area contributed by atoms with Crippen molar-refractivity contribution in [2.24, 2.45) is 0 Å². The van der Waals surface area contributed by atoms with Crippen molar-refractivity contribution in [1.82, 2.24) is 13.5 Å². The summed E-state index contributed by atoms with van der Waals surface area (Å²) in [7, 11) is -5.40. The van der Waals surface area contributed by atoms with Crippen LogP contribution in [-0.2, 0) is 24.8 Å². The molecule has 2 aromatic carbocycles. The van der Waals surface area contributed by atoms with Gasteiger partial charge in [0.2, 0.25) is 20.0 Å². The molecule has 0 spiro atoms. The van der Waals surface area contributed by atoms with E-state index < -0.39 is 26.0 Å². The number of anilines is 1. The molecule has 0 saturated carbocycles. The Hall–Kier alpha value is -2.35. The third-order valence-corrected chi connectivity index (χ3v) is 10.2. The Kier molecular flexibility index (Phi) is 7.60. The Labute approximate surface area is 206 Å². The van der Waals surface area contributed by atoms with E-state index in [1.54, 1.807) is 19.1 Å². The molecule has 0 atom stereocenters. The Morgan fingerprint density at radius 3 is 2.06 bits per heavy atom. The predicted octanol–water partition coefficient (Wildman–Crippen LogP) is 1.20. The van der Waals surface area contributed by atoms with Gasteiger partial charge < -0.3 is 15.0 Å². The number of nitrogens with zero attached hydrogens (tertiary/aromatic N) is 3. The number of benzene rings is 2. The van der Waals surface area contributed by atoms with Crippen LogP contribution in [-0.4, -0.2) is 95.8 Å². The van der Waals surface area contributed by atoms with Crippen LogP contribution in [0.1, 0.15) is 15.9 Å². The zero-order valence-electron chi connectivity index (χ0n) is 19.8. The van der Waals surface area contributed by atoms with Gasteiger partial charge in [0.05, 0.1) is 23.0 Å². The minimum Gasteiger partial charge on any atom is -0.379 e. The molecular formula is C23H30N4O6S2. The molecule has 2 aromatic rings. The number of hydrogen-bond acceptors (Lipinski definition) is 7. The van der Waals surface area contributed by atoms with Crippen molar-refractivity contribution in [1.29, 1.82) is 0 Å². The van der Waals surface area contributed by atoms with Crippen molar-refractivity contribution in [3.63, 3.8) is 0 Å². The summed E-state index contributed by atoms with van der Waals surface area (Å²) in [6.45, 7) is 5.14. The largest absolute Gasteiger partial charge is 0.379 e. The molecule has 0 radical (unpaired) electrons.